The molecule has 122 valence electrons. The fourth-order valence-corrected chi connectivity index (χ4v) is 3.57. The third-order valence-corrected chi connectivity index (χ3v) is 4.90. The van der Waals surface area contributed by atoms with E-state index in [9.17, 15) is 5.11 Å². The molecule has 2 fully saturated rings. The molecule has 3 heteroatoms. The van der Waals surface area contributed by atoms with Crippen LogP contribution in [0.1, 0.15) is 77.6 Å². The van der Waals surface area contributed by atoms with Crippen LogP contribution >= 0.6 is 0 Å². The predicted molar refractivity (Wildman–Crippen MR) is 85.1 cm³/mol. The van der Waals surface area contributed by atoms with E-state index in [-0.39, 0.29) is 12.2 Å². The molecule has 2 aliphatic rings. The second kappa shape index (κ2) is 8.30. The summed E-state index contributed by atoms with van der Waals surface area (Å²) in [6, 6.07) is 0. The standard InChI is InChI=1S/C18H32O3/c1-3-5-6-7-8-9-10-11-14-18-17(19)13-12-16(21-18)15(4-2)20-18/h4,15-17,19H,2-3,5-14H2,1H3/t15-,16-,17-,18+/m0/s1. The van der Waals surface area contributed by atoms with Gasteiger partial charge in [-0.15, -0.1) is 6.58 Å². The van der Waals surface area contributed by atoms with E-state index in [4.69, 9.17) is 9.47 Å². The van der Waals surface area contributed by atoms with Crippen molar-refractivity contribution in [3.05, 3.63) is 12.7 Å². The van der Waals surface area contributed by atoms with Gasteiger partial charge in [0.2, 0.25) is 0 Å². The van der Waals surface area contributed by atoms with Gasteiger partial charge in [-0.2, -0.15) is 0 Å². The van der Waals surface area contributed by atoms with Crippen LogP contribution in [0.15, 0.2) is 12.7 Å². The van der Waals surface area contributed by atoms with E-state index in [0.717, 1.165) is 25.7 Å². The number of fused-ring (bicyclic) bond motifs is 2. The zero-order chi connectivity index (χ0) is 15.1. The molecular formula is C18H32O3. The molecule has 0 aliphatic carbocycles. The Balaban J connectivity index is 1.66. The van der Waals surface area contributed by atoms with E-state index in [1.54, 1.807) is 0 Å². The highest BCUT2D eigenvalue weighted by Crippen LogP contribution is 2.43. The van der Waals surface area contributed by atoms with Crippen LogP contribution in [-0.2, 0) is 9.47 Å². The highest BCUT2D eigenvalue weighted by Gasteiger charge is 2.54. The first kappa shape index (κ1) is 17.0. The zero-order valence-corrected chi connectivity index (χ0v) is 13.6. The summed E-state index contributed by atoms with van der Waals surface area (Å²) in [5.74, 6) is -0.746. The van der Waals surface area contributed by atoms with Gasteiger partial charge in [-0.25, -0.2) is 0 Å². The summed E-state index contributed by atoms with van der Waals surface area (Å²) >= 11 is 0. The Morgan fingerprint density at radius 1 is 1.05 bits per heavy atom. The fraction of sp³-hybridized carbons (Fsp3) is 0.889. The van der Waals surface area contributed by atoms with Gasteiger partial charge >= 0.3 is 0 Å². The van der Waals surface area contributed by atoms with Crippen molar-refractivity contribution in [1.29, 1.82) is 0 Å². The Bertz CT molecular complexity index is 318. The number of aliphatic hydroxyl groups is 1. The average Bonchev–Trinajstić information content (AvgIpc) is 2.81. The number of unbranched alkanes of at least 4 members (excludes halogenated alkanes) is 7. The van der Waals surface area contributed by atoms with Crippen LogP contribution in [0.2, 0.25) is 0 Å². The third kappa shape index (κ3) is 4.30. The molecule has 2 rings (SSSR count). The van der Waals surface area contributed by atoms with Crippen LogP contribution in [0.25, 0.3) is 0 Å². The summed E-state index contributed by atoms with van der Waals surface area (Å²) in [7, 11) is 0. The SMILES string of the molecule is C=C[C@@H]1O[C@]2(CCCCCCCCCC)O[C@H]1CC[C@@H]2O. The molecule has 0 radical (unpaired) electrons. The molecule has 2 saturated heterocycles. The van der Waals surface area contributed by atoms with Crippen molar-refractivity contribution in [3.63, 3.8) is 0 Å². The van der Waals surface area contributed by atoms with Crippen LogP contribution in [0.4, 0.5) is 0 Å². The maximum absolute atomic E-state index is 10.3. The third-order valence-electron chi connectivity index (χ3n) is 4.90. The maximum Gasteiger partial charge on any atom is 0.195 e. The molecule has 21 heavy (non-hydrogen) atoms. The smallest absolute Gasteiger partial charge is 0.195 e. The first-order valence-electron chi connectivity index (χ1n) is 8.88. The molecule has 0 saturated carbocycles. The summed E-state index contributed by atoms with van der Waals surface area (Å²) < 4.78 is 12.0. The normalized spacial score (nSPS) is 35.0. The molecule has 0 aromatic heterocycles. The fourth-order valence-electron chi connectivity index (χ4n) is 3.57. The Morgan fingerprint density at radius 2 is 1.71 bits per heavy atom. The Kier molecular flexibility index (Phi) is 6.72. The second-order valence-corrected chi connectivity index (χ2v) is 6.60. The van der Waals surface area contributed by atoms with Crippen molar-refractivity contribution in [2.24, 2.45) is 0 Å². The minimum atomic E-state index is -0.746. The molecule has 4 atom stereocenters. The van der Waals surface area contributed by atoms with Crippen molar-refractivity contribution in [1.82, 2.24) is 0 Å². The summed E-state index contributed by atoms with van der Waals surface area (Å²) in [6.45, 7) is 6.07. The second-order valence-electron chi connectivity index (χ2n) is 6.60. The first-order chi connectivity index (χ1) is 10.2. The van der Waals surface area contributed by atoms with Crippen LogP contribution in [0, 0.1) is 0 Å². The Morgan fingerprint density at radius 3 is 2.38 bits per heavy atom. The Hall–Kier alpha value is -0.380. The van der Waals surface area contributed by atoms with E-state index >= 15 is 0 Å². The van der Waals surface area contributed by atoms with E-state index in [1.807, 2.05) is 6.08 Å². The topological polar surface area (TPSA) is 38.7 Å². The molecule has 3 nitrogen and oxygen atoms in total. The molecule has 0 spiro atoms. The van der Waals surface area contributed by atoms with Crippen molar-refractivity contribution >= 4 is 0 Å². The quantitative estimate of drug-likeness (QED) is 0.481. The molecule has 0 aromatic carbocycles. The predicted octanol–water partition coefficient (Wildman–Crippen LogP) is 4.34. The Labute approximate surface area is 129 Å². The van der Waals surface area contributed by atoms with Crippen LogP contribution < -0.4 is 0 Å². The lowest BCUT2D eigenvalue weighted by Crippen LogP contribution is -2.46. The molecule has 2 bridgehead atoms. The van der Waals surface area contributed by atoms with E-state index in [1.165, 1.54) is 44.9 Å². The van der Waals surface area contributed by atoms with E-state index in [0.29, 0.717) is 0 Å². The highest BCUT2D eigenvalue weighted by molar-refractivity contribution is 5.01. The molecule has 2 aliphatic heterocycles. The number of aliphatic hydroxyl groups excluding tert-OH is 1. The summed E-state index contributed by atoms with van der Waals surface area (Å²) in [4.78, 5) is 0. The summed E-state index contributed by atoms with van der Waals surface area (Å²) in [5, 5.41) is 10.3. The van der Waals surface area contributed by atoms with E-state index in [2.05, 4.69) is 13.5 Å². The van der Waals surface area contributed by atoms with Gasteiger partial charge in [-0.1, -0.05) is 57.9 Å². The zero-order valence-electron chi connectivity index (χ0n) is 13.6. The summed E-state index contributed by atoms with van der Waals surface area (Å²) in [5.41, 5.74) is 0. The average molecular weight is 296 g/mol. The molecule has 0 aromatic rings. The summed E-state index contributed by atoms with van der Waals surface area (Å²) in [6.07, 6.45) is 14.1. The number of rotatable bonds is 10. The van der Waals surface area contributed by atoms with Gasteiger partial charge in [0.15, 0.2) is 5.79 Å². The van der Waals surface area contributed by atoms with Gasteiger partial charge in [-0.3, -0.25) is 0 Å². The monoisotopic (exact) mass is 296 g/mol. The molecular weight excluding hydrogens is 264 g/mol. The highest BCUT2D eigenvalue weighted by atomic mass is 16.8. The van der Waals surface area contributed by atoms with Crippen LogP contribution in [0.3, 0.4) is 0 Å². The number of hydrogen-bond acceptors (Lipinski definition) is 3. The molecule has 1 N–H and O–H groups in total. The van der Waals surface area contributed by atoms with Gasteiger partial charge in [0, 0.05) is 6.42 Å². The van der Waals surface area contributed by atoms with Crippen molar-refractivity contribution in [2.45, 2.75) is 102 Å². The van der Waals surface area contributed by atoms with Crippen molar-refractivity contribution < 1.29 is 14.6 Å². The van der Waals surface area contributed by atoms with Gasteiger partial charge in [-0.05, 0) is 19.3 Å². The van der Waals surface area contributed by atoms with Crippen molar-refractivity contribution in [2.75, 3.05) is 0 Å². The lowest BCUT2D eigenvalue weighted by Gasteiger charge is -2.36. The van der Waals surface area contributed by atoms with Crippen molar-refractivity contribution in [3.8, 4) is 0 Å². The van der Waals surface area contributed by atoms with Gasteiger partial charge in [0.05, 0.1) is 6.10 Å². The van der Waals surface area contributed by atoms with Gasteiger partial charge < -0.3 is 14.6 Å². The number of hydrogen-bond donors (Lipinski definition) is 1. The molecule has 0 unspecified atom stereocenters. The largest absolute Gasteiger partial charge is 0.388 e. The number of ether oxygens (including phenoxy) is 2. The lowest BCUT2D eigenvalue weighted by molar-refractivity contribution is -0.252. The van der Waals surface area contributed by atoms with Gasteiger partial charge in [0.1, 0.15) is 12.2 Å². The van der Waals surface area contributed by atoms with E-state index < -0.39 is 11.9 Å². The minimum Gasteiger partial charge on any atom is -0.388 e. The first-order valence-corrected chi connectivity index (χ1v) is 8.88. The lowest BCUT2D eigenvalue weighted by atomic mass is 9.94. The minimum absolute atomic E-state index is 0.0452. The maximum atomic E-state index is 10.3. The van der Waals surface area contributed by atoms with Gasteiger partial charge in [0.25, 0.3) is 0 Å². The van der Waals surface area contributed by atoms with Crippen LogP contribution in [0.5, 0.6) is 0 Å². The van der Waals surface area contributed by atoms with Crippen LogP contribution in [-0.4, -0.2) is 29.2 Å². The molecule has 2 heterocycles. The molecule has 0 amide bonds.